The highest BCUT2D eigenvalue weighted by molar-refractivity contribution is 5.71. The molecule has 0 fully saturated rings. The Bertz CT molecular complexity index is 621. The minimum atomic E-state index is -0.848. The Balaban J connectivity index is 0.000000240. The summed E-state index contributed by atoms with van der Waals surface area (Å²) in [6.45, 7) is 1.35. The highest BCUT2D eigenvalue weighted by Crippen LogP contribution is 2.25. The largest absolute Gasteiger partial charge is 0.496 e. The van der Waals surface area contributed by atoms with Gasteiger partial charge in [0.15, 0.2) is 11.5 Å². The van der Waals surface area contributed by atoms with Gasteiger partial charge in [0.05, 0.1) is 20.6 Å². The van der Waals surface area contributed by atoms with Crippen molar-refractivity contribution >= 4 is 11.9 Å². The highest BCUT2D eigenvalue weighted by atomic mass is 16.6. The number of aliphatic carboxylic acids is 1. The molecule has 0 spiro atoms. The van der Waals surface area contributed by atoms with Gasteiger partial charge < -0.3 is 19.3 Å². The van der Waals surface area contributed by atoms with E-state index in [4.69, 9.17) is 19.3 Å². The maximum absolute atomic E-state index is 10.6. The van der Waals surface area contributed by atoms with Crippen molar-refractivity contribution in [3.63, 3.8) is 0 Å². The van der Waals surface area contributed by atoms with Gasteiger partial charge in [-0.1, -0.05) is 30.3 Å². The average molecular weight is 332 g/mol. The Morgan fingerprint density at radius 2 is 1.38 bits per heavy atom. The van der Waals surface area contributed by atoms with Gasteiger partial charge in [-0.3, -0.25) is 9.59 Å². The second-order valence-corrected chi connectivity index (χ2v) is 4.63. The lowest BCUT2D eigenvalue weighted by atomic mass is 10.1. The minimum absolute atomic E-state index is 0.00398. The van der Waals surface area contributed by atoms with Crippen molar-refractivity contribution in [1.29, 1.82) is 0 Å². The summed E-state index contributed by atoms with van der Waals surface area (Å²) in [6.07, 6.45) is 0.00398. The number of hydrogen-bond acceptors (Lipinski definition) is 5. The standard InChI is InChI=1S/2C9H10O3/c1-7(10)12-9-6-4-3-5-8(9)11-2;1-12-8-5-3-2-4-7(8)6-9(10)11/h3-6H,1-2H3;2-5H,6H2,1H3,(H,10,11). The third kappa shape index (κ3) is 6.39. The second-order valence-electron chi connectivity index (χ2n) is 4.63. The van der Waals surface area contributed by atoms with E-state index in [9.17, 15) is 9.59 Å². The van der Waals surface area contributed by atoms with Crippen LogP contribution in [0.5, 0.6) is 17.2 Å². The van der Waals surface area contributed by atoms with Crippen molar-refractivity contribution in [3.8, 4) is 17.2 Å². The molecule has 1 N–H and O–H groups in total. The van der Waals surface area contributed by atoms with Crippen molar-refractivity contribution in [2.75, 3.05) is 14.2 Å². The molecule has 0 atom stereocenters. The Kier molecular flexibility index (Phi) is 7.84. The summed E-state index contributed by atoms with van der Waals surface area (Å²) in [5, 5.41) is 8.53. The van der Waals surface area contributed by atoms with Gasteiger partial charge in [-0.05, 0) is 18.2 Å². The molecule has 0 aliphatic heterocycles. The first-order valence-corrected chi connectivity index (χ1v) is 7.13. The average Bonchev–Trinajstić information content (AvgIpc) is 2.55. The van der Waals surface area contributed by atoms with E-state index in [1.54, 1.807) is 36.4 Å². The zero-order valence-corrected chi connectivity index (χ0v) is 13.8. The van der Waals surface area contributed by atoms with Gasteiger partial charge in [-0.2, -0.15) is 0 Å². The molecule has 2 aromatic carbocycles. The van der Waals surface area contributed by atoms with Crippen LogP contribution in [0.25, 0.3) is 0 Å². The third-order valence-corrected chi connectivity index (χ3v) is 2.86. The number of carboxylic acid groups (broad SMARTS) is 1. The van der Waals surface area contributed by atoms with E-state index in [1.807, 2.05) is 12.1 Å². The molecule has 0 aliphatic rings. The van der Waals surface area contributed by atoms with Gasteiger partial charge in [0.1, 0.15) is 5.75 Å². The molecule has 0 saturated carbocycles. The van der Waals surface area contributed by atoms with E-state index in [0.717, 1.165) is 0 Å². The Morgan fingerprint density at radius 3 is 1.88 bits per heavy atom. The van der Waals surface area contributed by atoms with Crippen LogP contribution in [0.4, 0.5) is 0 Å². The number of rotatable bonds is 5. The molecule has 24 heavy (non-hydrogen) atoms. The monoisotopic (exact) mass is 332 g/mol. The van der Waals surface area contributed by atoms with Crippen LogP contribution >= 0.6 is 0 Å². The van der Waals surface area contributed by atoms with E-state index in [2.05, 4.69) is 0 Å². The Hall–Kier alpha value is -3.02. The predicted octanol–water partition coefficient (Wildman–Crippen LogP) is 2.94. The third-order valence-electron chi connectivity index (χ3n) is 2.86. The molecule has 0 bridgehead atoms. The van der Waals surface area contributed by atoms with Crippen LogP contribution < -0.4 is 14.2 Å². The number of hydrogen-bond donors (Lipinski definition) is 1. The number of carbonyl (C=O) groups is 2. The maximum Gasteiger partial charge on any atom is 0.308 e. The number of ether oxygens (including phenoxy) is 3. The van der Waals surface area contributed by atoms with Gasteiger partial charge in [0.25, 0.3) is 0 Å². The summed E-state index contributed by atoms with van der Waals surface area (Å²) in [6, 6.07) is 14.1. The quantitative estimate of drug-likeness (QED) is 0.669. The number of benzene rings is 2. The molecule has 0 unspecified atom stereocenters. The SMILES string of the molecule is COc1ccccc1CC(=O)O.COc1ccccc1OC(C)=O. The first-order valence-electron chi connectivity index (χ1n) is 7.13. The predicted molar refractivity (Wildman–Crippen MR) is 88.6 cm³/mol. The van der Waals surface area contributed by atoms with E-state index in [0.29, 0.717) is 22.8 Å². The lowest BCUT2D eigenvalue weighted by molar-refractivity contribution is -0.136. The highest BCUT2D eigenvalue weighted by Gasteiger charge is 2.05. The summed E-state index contributed by atoms with van der Waals surface area (Å²) in [5.74, 6) is 0.444. The second kappa shape index (κ2) is 9.89. The van der Waals surface area contributed by atoms with Gasteiger partial charge in [-0.15, -0.1) is 0 Å². The van der Waals surface area contributed by atoms with Crippen LogP contribution in [-0.4, -0.2) is 31.3 Å². The number of carboxylic acids is 1. The van der Waals surface area contributed by atoms with E-state index >= 15 is 0 Å². The Labute approximate surface area is 140 Å². The van der Waals surface area contributed by atoms with Crippen LogP contribution in [0.1, 0.15) is 12.5 Å². The fraction of sp³-hybridized carbons (Fsp3) is 0.222. The number of esters is 1. The van der Waals surface area contributed by atoms with Gasteiger partial charge in [0.2, 0.25) is 0 Å². The minimum Gasteiger partial charge on any atom is -0.496 e. The van der Waals surface area contributed by atoms with Gasteiger partial charge in [0, 0.05) is 12.5 Å². The molecular weight excluding hydrogens is 312 g/mol. The van der Waals surface area contributed by atoms with Crippen LogP contribution in [-0.2, 0) is 16.0 Å². The Morgan fingerprint density at radius 1 is 0.875 bits per heavy atom. The van der Waals surface area contributed by atoms with Crippen LogP contribution in [0.15, 0.2) is 48.5 Å². The molecule has 0 amide bonds. The molecule has 0 heterocycles. The molecule has 0 aliphatic carbocycles. The van der Waals surface area contributed by atoms with E-state index in [-0.39, 0.29) is 12.4 Å². The van der Waals surface area contributed by atoms with Gasteiger partial charge in [-0.25, -0.2) is 0 Å². The van der Waals surface area contributed by atoms with Gasteiger partial charge >= 0.3 is 11.9 Å². The number of para-hydroxylation sites is 3. The van der Waals surface area contributed by atoms with Crippen molar-refractivity contribution in [1.82, 2.24) is 0 Å². The van der Waals surface area contributed by atoms with Crippen LogP contribution in [0, 0.1) is 0 Å². The number of carbonyl (C=O) groups excluding carboxylic acids is 1. The smallest absolute Gasteiger partial charge is 0.308 e. The molecule has 2 aromatic rings. The molecule has 0 radical (unpaired) electrons. The van der Waals surface area contributed by atoms with E-state index < -0.39 is 5.97 Å². The molecule has 6 heteroatoms. The zero-order valence-electron chi connectivity index (χ0n) is 13.8. The fourth-order valence-corrected chi connectivity index (χ4v) is 1.87. The van der Waals surface area contributed by atoms with Crippen molar-refractivity contribution in [2.45, 2.75) is 13.3 Å². The normalized spacial score (nSPS) is 9.29. The summed E-state index contributed by atoms with van der Waals surface area (Å²) >= 11 is 0. The summed E-state index contributed by atoms with van der Waals surface area (Å²) in [4.78, 5) is 21.0. The maximum atomic E-state index is 10.6. The molecule has 2 rings (SSSR count). The van der Waals surface area contributed by atoms with Crippen molar-refractivity contribution in [2.24, 2.45) is 0 Å². The fourth-order valence-electron chi connectivity index (χ4n) is 1.87. The lowest BCUT2D eigenvalue weighted by Gasteiger charge is -2.05. The molecular formula is C18H20O6. The topological polar surface area (TPSA) is 82.1 Å². The summed E-state index contributed by atoms with van der Waals surface area (Å²) in [5.41, 5.74) is 0.701. The summed E-state index contributed by atoms with van der Waals surface area (Å²) < 4.78 is 14.8. The van der Waals surface area contributed by atoms with Crippen LogP contribution in [0.2, 0.25) is 0 Å². The molecule has 0 aromatic heterocycles. The first-order chi connectivity index (χ1) is 11.5. The van der Waals surface area contributed by atoms with E-state index in [1.165, 1.54) is 21.1 Å². The van der Waals surface area contributed by atoms with Crippen LogP contribution in [0.3, 0.4) is 0 Å². The molecule has 6 nitrogen and oxygen atoms in total. The van der Waals surface area contributed by atoms with Crippen molar-refractivity contribution in [3.05, 3.63) is 54.1 Å². The lowest BCUT2D eigenvalue weighted by Crippen LogP contribution is -2.02. The first kappa shape index (κ1) is 19.0. The summed E-state index contributed by atoms with van der Waals surface area (Å²) in [7, 11) is 3.06. The zero-order chi connectivity index (χ0) is 17.9. The molecule has 0 saturated heterocycles. The number of methoxy groups -OCH3 is 2. The van der Waals surface area contributed by atoms with Crippen molar-refractivity contribution < 1.29 is 28.9 Å². The molecule has 128 valence electrons.